The monoisotopic (exact) mass is 300 g/mol. The lowest BCUT2D eigenvalue weighted by molar-refractivity contribution is 0.226. The van der Waals surface area contributed by atoms with Crippen molar-refractivity contribution in [1.82, 2.24) is 14.1 Å². The van der Waals surface area contributed by atoms with Crippen LogP contribution in [-0.2, 0) is 16.6 Å². The van der Waals surface area contributed by atoms with Crippen LogP contribution in [0.15, 0.2) is 11.1 Å². The van der Waals surface area contributed by atoms with Gasteiger partial charge in [-0.15, -0.1) is 0 Å². The van der Waals surface area contributed by atoms with Crippen LogP contribution in [0.3, 0.4) is 0 Å². The number of nitrogens with zero attached hydrogens (tertiary/aromatic N) is 3. The first-order valence-electron chi connectivity index (χ1n) is 7.19. The minimum absolute atomic E-state index is 0.0952. The Morgan fingerprint density at radius 2 is 2.00 bits per heavy atom. The molecule has 0 saturated carbocycles. The summed E-state index contributed by atoms with van der Waals surface area (Å²) in [6, 6.07) is 0. The third kappa shape index (κ3) is 2.83. The third-order valence-corrected chi connectivity index (χ3v) is 6.05. The van der Waals surface area contributed by atoms with Gasteiger partial charge in [-0.2, -0.15) is 9.40 Å². The van der Waals surface area contributed by atoms with Gasteiger partial charge in [0.15, 0.2) is 5.82 Å². The second-order valence-corrected chi connectivity index (χ2v) is 7.63. The SMILES string of the molecule is CCn1cc(S(=O)(=O)N2CCC(C(C)C)CC2)c(N)n1. The zero-order chi connectivity index (χ0) is 14.9. The van der Waals surface area contributed by atoms with Gasteiger partial charge in [-0.25, -0.2) is 8.42 Å². The van der Waals surface area contributed by atoms with Crippen molar-refractivity contribution in [2.45, 2.75) is 45.1 Å². The first kappa shape index (κ1) is 15.3. The molecule has 7 heteroatoms. The van der Waals surface area contributed by atoms with Crippen LogP contribution < -0.4 is 5.73 Å². The van der Waals surface area contributed by atoms with E-state index >= 15 is 0 Å². The zero-order valence-corrected chi connectivity index (χ0v) is 13.2. The largest absolute Gasteiger partial charge is 0.381 e. The number of anilines is 1. The fourth-order valence-corrected chi connectivity index (χ4v) is 4.23. The molecule has 0 aromatic carbocycles. The molecule has 6 nitrogen and oxygen atoms in total. The molecule has 1 saturated heterocycles. The van der Waals surface area contributed by atoms with Gasteiger partial charge in [0.2, 0.25) is 10.0 Å². The predicted molar refractivity (Wildman–Crippen MR) is 78.6 cm³/mol. The Hall–Kier alpha value is -1.08. The number of hydrogen-bond acceptors (Lipinski definition) is 4. The molecule has 1 aromatic rings. The second kappa shape index (κ2) is 5.73. The highest BCUT2D eigenvalue weighted by Crippen LogP contribution is 2.29. The van der Waals surface area contributed by atoms with E-state index in [9.17, 15) is 8.42 Å². The summed E-state index contributed by atoms with van der Waals surface area (Å²) in [6.07, 6.45) is 3.36. The van der Waals surface area contributed by atoms with Crippen LogP contribution in [0.2, 0.25) is 0 Å². The van der Waals surface area contributed by atoms with Gasteiger partial charge in [-0.05, 0) is 31.6 Å². The van der Waals surface area contributed by atoms with E-state index < -0.39 is 10.0 Å². The van der Waals surface area contributed by atoms with Gasteiger partial charge >= 0.3 is 0 Å². The van der Waals surface area contributed by atoms with E-state index in [0.717, 1.165) is 12.8 Å². The van der Waals surface area contributed by atoms with Crippen molar-refractivity contribution in [1.29, 1.82) is 0 Å². The Bertz CT molecular complexity index is 557. The highest BCUT2D eigenvalue weighted by atomic mass is 32.2. The number of rotatable bonds is 4. The van der Waals surface area contributed by atoms with E-state index in [1.165, 1.54) is 6.20 Å². The smallest absolute Gasteiger partial charge is 0.248 e. The maximum atomic E-state index is 12.6. The molecule has 114 valence electrons. The Kier molecular flexibility index (Phi) is 4.39. The molecule has 2 heterocycles. The molecule has 20 heavy (non-hydrogen) atoms. The van der Waals surface area contributed by atoms with Crippen molar-refractivity contribution in [3.63, 3.8) is 0 Å². The summed E-state index contributed by atoms with van der Waals surface area (Å²) in [7, 11) is -3.51. The minimum atomic E-state index is -3.51. The molecule has 0 aliphatic carbocycles. The molecule has 2 rings (SSSR count). The molecule has 0 amide bonds. The summed E-state index contributed by atoms with van der Waals surface area (Å²) < 4.78 is 28.3. The van der Waals surface area contributed by atoms with Gasteiger partial charge in [0.05, 0.1) is 0 Å². The summed E-state index contributed by atoms with van der Waals surface area (Å²) in [6.45, 7) is 8.03. The van der Waals surface area contributed by atoms with Gasteiger partial charge in [0, 0.05) is 25.8 Å². The number of nitrogen functional groups attached to an aromatic ring is 1. The van der Waals surface area contributed by atoms with Crippen LogP contribution in [-0.4, -0.2) is 35.6 Å². The Balaban J connectivity index is 2.17. The topological polar surface area (TPSA) is 81.2 Å². The van der Waals surface area contributed by atoms with Crippen LogP contribution in [0.25, 0.3) is 0 Å². The lowest BCUT2D eigenvalue weighted by Gasteiger charge is -2.32. The molecule has 0 spiro atoms. The number of piperidine rings is 1. The summed E-state index contributed by atoms with van der Waals surface area (Å²) in [5.41, 5.74) is 5.75. The fourth-order valence-electron chi connectivity index (χ4n) is 2.70. The van der Waals surface area contributed by atoms with Crippen LogP contribution in [0, 0.1) is 11.8 Å². The first-order valence-corrected chi connectivity index (χ1v) is 8.63. The average Bonchev–Trinajstić information content (AvgIpc) is 2.81. The van der Waals surface area contributed by atoms with Crippen LogP contribution >= 0.6 is 0 Å². The van der Waals surface area contributed by atoms with E-state index in [0.29, 0.717) is 31.5 Å². The number of sulfonamides is 1. The lowest BCUT2D eigenvalue weighted by Crippen LogP contribution is -2.39. The average molecular weight is 300 g/mol. The predicted octanol–water partition coefficient (Wildman–Crippen LogP) is 1.54. The minimum Gasteiger partial charge on any atom is -0.381 e. The zero-order valence-electron chi connectivity index (χ0n) is 12.4. The molecule has 0 radical (unpaired) electrons. The van der Waals surface area contributed by atoms with Crippen molar-refractivity contribution < 1.29 is 8.42 Å². The van der Waals surface area contributed by atoms with Gasteiger partial charge < -0.3 is 5.73 Å². The number of nitrogens with two attached hydrogens (primary N) is 1. The Morgan fingerprint density at radius 1 is 1.40 bits per heavy atom. The van der Waals surface area contributed by atoms with E-state index in [1.54, 1.807) is 8.99 Å². The first-order chi connectivity index (χ1) is 9.36. The van der Waals surface area contributed by atoms with Gasteiger partial charge in [0.25, 0.3) is 0 Å². The second-order valence-electron chi connectivity index (χ2n) is 5.72. The molecule has 2 N–H and O–H groups in total. The van der Waals surface area contributed by atoms with Crippen molar-refractivity contribution in [2.75, 3.05) is 18.8 Å². The van der Waals surface area contributed by atoms with Crippen LogP contribution in [0.1, 0.15) is 33.6 Å². The molecule has 0 atom stereocenters. The van der Waals surface area contributed by atoms with E-state index in [4.69, 9.17) is 5.73 Å². The van der Waals surface area contributed by atoms with Crippen molar-refractivity contribution in [3.8, 4) is 0 Å². The van der Waals surface area contributed by atoms with E-state index in [2.05, 4.69) is 18.9 Å². The summed E-state index contributed by atoms with van der Waals surface area (Å²) in [4.78, 5) is 0.141. The molecule has 0 bridgehead atoms. The van der Waals surface area contributed by atoms with Gasteiger partial charge in [0.1, 0.15) is 4.90 Å². The van der Waals surface area contributed by atoms with Crippen LogP contribution in [0.4, 0.5) is 5.82 Å². The number of aromatic nitrogens is 2. The highest BCUT2D eigenvalue weighted by molar-refractivity contribution is 7.89. The third-order valence-electron chi connectivity index (χ3n) is 4.14. The Labute approximate surface area is 121 Å². The molecular formula is C13H24N4O2S. The molecule has 0 unspecified atom stereocenters. The standard InChI is InChI=1S/C13H24N4O2S/c1-4-16-9-12(13(14)15-16)20(18,19)17-7-5-11(6-8-17)10(2)3/h9-11H,4-8H2,1-3H3,(H2,14,15). The quantitative estimate of drug-likeness (QED) is 0.914. The lowest BCUT2D eigenvalue weighted by atomic mass is 9.87. The molecule has 1 aliphatic heterocycles. The normalized spacial score (nSPS) is 18.8. The molecular weight excluding hydrogens is 276 g/mol. The number of aryl methyl sites for hydroxylation is 1. The summed E-state index contributed by atoms with van der Waals surface area (Å²) >= 11 is 0. The van der Waals surface area contributed by atoms with Crippen molar-refractivity contribution >= 4 is 15.8 Å². The van der Waals surface area contributed by atoms with Gasteiger partial charge in [-0.3, -0.25) is 4.68 Å². The van der Waals surface area contributed by atoms with Crippen molar-refractivity contribution in [3.05, 3.63) is 6.20 Å². The molecule has 1 aromatic heterocycles. The highest BCUT2D eigenvalue weighted by Gasteiger charge is 2.32. The summed E-state index contributed by atoms with van der Waals surface area (Å²) in [5, 5.41) is 4.02. The fraction of sp³-hybridized carbons (Fsp3) is 0.769. The molecule has 1 aliphatic rings. The Morgan fingerprint density at radius 3 is 2.45 bits per heavy atom. The molecule has 1 fully saturated rings. The van der Waals surface area contributed by atoms with Crippen molar-refractivity contribution in [2.24, 2.45) is 11.8 Å². The van der Waals surface area contributed by atoms with E-state index in [-0.39, 0.29) is 10.7 Å². The number of hydrogen-bond donors (Lipinski definition) is 1. The maximum Gasteiger partial charge on any atom is 0.248 e. The summed E-state index contributed by atoms with van der Waals surface area (Å²) in [5.74, 6) is 1.31. The van der Waals surface area contributed by atoms with Gasteiger partial charge in [-0.1, -0.05) is 13.8 Å². The van der Waals surface area contributed by atoms with Crippen LogP contribution in [0.5, 0.6) is 0 Å². The van der Waals surface area contributed by atoms with E-state index in [1.807, 2.05) is 6.92 Å². The maximum absolute atomic E-state index is 12.6.